The van der Waals surface area contributed by atoms with Gasteiger partial charge < -0.3 is 4.74 Å². The Labute approximate surface area is 93.2 Å². The maximum atomic E-state index is 12.2. The third-order valence-corrected chi connectivity index (χ3v) is 3.99. The second kappa shape index (κ2) is 2.38. The fraction of sp³-hybridized carbons (Fsp3) is 0.417. The second-order valence-electron chi connectivity index (χ2n) is 4.81. The lowest BCUT2D eigenvalue weighted by molar-refractivity contribution is 0.0729. The Morgan fingerprint density at radius 3 is 2.87 bits per heavy atom. The normalized spacial score (nSPS) is 36.6. The molecule has 1 fully saturated rings. The topological polar surface area (TPSA) is 26.3 Å². The molecule has 0 saturated heterocycles. The van der Waals surface area contributed by atoms with Gasteiger partial charge in [0.2, 0.25) is 0 Å². The van der Waals surface area contributed by atoms with E-state index < -0.39 is 0 Å². The number of carbonyl (C=O) groups is 1. The standard InChI is InChI=1S/C12H11ClO2/c1-11-6-12(11,2)15-9-5-7(13)3-4-8(9)10(11)14/h3-5H,6H2,1-2H3. The van der Waals surface area contributed by atoms with Gasteiger partial charge in [0.15, 0.2) is 5.78 Å². The van der Waals surface area contributed by atoms with Gasteiger partial charge in [-0.25, -0.2) is 0 Å². The molecule has 1 heterocycles. The molecule has 0 N–H and O–H groups in total. The maximum Gasteiger partial charge on any atom is 0.176 e. The van der Waals surface area contributed by atoms with E-state index in [1.165, 1.54) is 0 Å². The molecule has 15 heavy (non-hydrogen) atoms. The second-order valence-corrected chi connectivity index (χ2v) is 5.25. The zero-order valence-corrected chi connectivity index (χ0v) is 9.39. The largest absolute Gasteiger partial charge is 0.486 e. The average Bonchev–Trinajstić information content (AvgIpc) is 2.69. The van der Waals surface area contributed by atoms with Gasteiger partial charge in [-0.3, -0.25) is 4.79 Å². The summed E-state index contributed by atoms with van der Waals surface area (Å²) in [7, 11) is 0. The van der Waals surface area contributed by atoms with Crippen LogP contribution in [0.2, 0.25) is 5.02 Å². The highest BCUT2D eigenvalue weighted by molar-refractivity contribution is 6.31. The summed E-state index contributed by atoms with van der Waals surface area (Å²) in [4.78, 5) is 12.2. The van der Waals surface area contributed by atoms with Crippen molar-refractivity contribution in [2.75, 3.05) is 0 Å². The zero-order chi connectivity index (χ0) is 10.8. The van der Waals surface area contributed by atoms with Crippen LogP contribution >= 0.6 is 11.6 Å². The van der Waals surface area contributed by atoms with Gasteiger partial charge in [0.25, 0.3) is 0 Å². The molecule has 2 unspecified atom stereocenters. The fourth-order valence-corrected chi connectivity index (χ4v) is 2.57. The van der Waals surface area contributed by atoms with Crippen molar-refractivity contribution < 1.29 is 9.53 Å². The lowest BCUT2D eigenvalue weighted by atomic mass is 9.90. The summed E-state index contributed by atoms with van der Waals surface area (Å²) >= 11 is 5.87. The molecule has 1 aliphatic carbocycles. The van der Waals surface area contributed by atoms with Crippen LogP contribution in [0.1, 0.15) is 30.6 Å². The molecule has 3 heteroatoms. The molecule has 2 atom stereocenters. The number of hydrogen-bond donors (Lipinski definition) is 0. The highest BCUT2D eigenvalue weighted by Gasteiger charge is 2.70. The van der Waals surface area contributed by atoms with Crippen molar-refractivity contribution in [3.8, 4) is 5.75 Å². The van der Waals surface area contributed by atoms with Gasteiger partial charge in [-0.2, -0.15) is 0 Å². The molecule has 0 spiro atoms. The molecule has 1 saturated carbocycles. The van der Waals surface area contributed by atoms with Crippen molar-refractivity contribution in [2.45, 2.75) is 25.9 Å². The number of carbonyl (C=O) groups excluding carboxylic acids is 1. The Morgan fingerprint density at radius 2 is 2.13 bits per heavy atom. The number of rotatable bonds is 0. The third-order valence-electron chi connectivity index (χ3n) is 3.76. The summed E-state index contributed by atoms with van der Waals surface area (Å²) < 4.78 is 5.84. The molecular weight excluding hydrogens is 212 g/mol. The predicted molar refractivity (Wildman–Crippen MR) is 57.5 cm³/mol. The van der Waals surface area contributed by atoms with Crippen LogP contribution in [-0.4, -0.2) is 11.4 Å². The van der Waals surface area contributed by atoms with E-state index in [-0.39, 0.29) is 16.8 Å². The first kappa shape index (κ1) is 9.22. The highest BCUT2D eigenvalue weighted by Crippen LogP contribution is 2.63. The quantitative estimate of drug-likeness (QED) is 0.674. The first-order valence-corrected chi connectivity index (χ1v) is 5.37. The van der Waals surface area contributed by atoms with E-state index >= 15 is 0 Å². The van der Waals surface area contributed by atoms with E-state index in [9.17, 15) is 4.79 Å². The molecule has 78 valence electrons. The minimum atomic E-state index is -0.326. The van der Waals surface area contributed by atoms with Crippen molar-refractivity contribution in [3.63, 3.8) is 0 Å². The number of ketones is 1. The minimum absolute atomic E-state index is 0.183. The van der Waals surface area contributed by atoms with Crippen LogP contribution in [-0.2, 0) is 0 Å². The first-order chi connectivity index (χ1) is 6.96. The van der Waals surface area contributed by atoms with Crippen LogP contribution in [0.4, 0.5) is 0 Å². The monoisotopic (exact) mass is 222 g/mol. The summed E-state index contributed by atoms with van der Waals surface area (Å²) in [6.45, 7) is 3.95. The van der Waals surface area contributed by atoms with Crippen LogP contribution in [0.15, 0.2) is 18.2 Å². The molecule has 0 bridgehead atoms. The van der Waals surface area contributed by atoms with Gasteiger partial charge in [0.05, 0.1) is 11.0 Å². The molecule has 0 aromatic heterocycles. The Kier molecular flexibility index (Phi) is 1.46. The van der Waals surface area contributed by atoms with Gasteiger partial charge in [-0.1, -0.05) is 11.6 Å². The smallest absolute Gasteiger partial charge is 0.176 e. The highest BCUT2D eigenvalue weighted by atomic mass is 35.5. The van der Waals surface area contributed by atoms with Gasteiger partial charge in [-0.05, 0) is 32.0 Å². The molecule has 1 aromatic carbocycles. The van der Waals surface area contributed by atoms with E-state index in [2.05, 4.69) is 0 Å². The van der Waals surface area contributed by atoms with E-state index in [1.54, 1.807) is 18.2 Å². The number of benzene rings is 1. The van der Waals surface area contributed by atoms with E-state index in [1.807, 2.05) is 13.8 Å². The molecule has 1 aromatic rings. The molecule has 0 radical (unpaired) electrons. The average molecular weight is 223 g/mol. The molecular formula is C12H11ClO2. The Balaban J connectivity index is 2.19. The fourth-order valence-electron chi connectivity index (χ4n) is 2.41. The van der Waals surface area contributed by atoms with Crippen LogP contribution in [0, 0.1) is 5.41 Å². The molecule has 3 rings (SSSR count). The molecule has 0 amide bonds. The van der Waals surface area contributed by atoms with Gasteiger partial charge in [0, 0.05) is 11.4 Å². The van der Waals surface area contributed by atoms with Crippen LogP contribution in [0.5, 0.6) is 5.75 Å². The summed E-state index contributed by atoms with van der Waals surface area (Å²) in [5.74, 6) is 0.813. The van der Waals surface area contributed by atoms with Gasteiger partial charge in [0.1, 0.15) is 11.4 Å². The Hall–Kier alpha value is -1.02. The number of halogens is 1. The Bertz CT molecular complexity index is 483. The number of fused-ring (bicyclic) bond motifs is 2. The predicted octanol–water partition coefficient (Wildman–Crippen LogP) is 3.08. The molecule has 2 nitrogen and oxygen atoms in total. The third kappa shape index (κ3) is 0.979. The maximum absolute atomic E-state index is 12.2. The van der Waals surface area contributed by atoms with E-state index in [0.717, 1.165) is 6.42 Å². The summed E-state index contributed by atoms with van der Waals surface area (Å²) in [6, 6.07) is 5.21. The molecule has 1 aliphatic heterocycles. The zero-order valence-electron chi connectivity index (χ0n) is 8.63. The van der Waals surface area contributed by atoms with Crippen molar-refractivity contribution >= 4 is 17.4 Å². The first-order valence-electron chi connectivity index (χ1n) is 5.00. The van der Waals surface area contributed by atoms with Crippen LogP contribution in [0.3, 0.4) is 0 Å². The van der Waals surface area contributed by atoms with Crippen LogP contribution in [0.25, 0.3) is 0 Å². The van der Waals surface area contributed by atoms with Crippen molar-refractivity contribution in [2.24, 2.45) is 5.41 Å². The summed E-state index contributed by atoms with van der Waals surface area (Å²) in [5, 5.41) is 0.606. The minimum Gasteiger partial charge on any atom is -0.486 e. The van der Waals surface area contributed by atoms with Gasteiger partial charge >= 0.3 is 0 Å². The molecule has 2 aliphatic rings. The van der Waals surface area contributed by atoms with Crippen molar-refractivity contribution in [3.05, 3.63) is 28.8 Å². The number of ether oxygens (including phenoxy) is 1. The van der Waals surface area contributed by atoms with Gasteiger partial charge in [-0.15, -0.1) is 0 Å². The Morgan fingerprint density at radius 1 is 1.40 bits per heavy atom. The summed E-state index contributed by atoms with van der Waals surface area (Å²) in [6.07, 6.45) is 0.797. The van der Waals surface area contributed by atoms with E-state index in [4.69, 9.17) is 16.3 Å². The number of Topliss-reactive ketones (excluding diaryl/α,β-unsaturated/α-hetero) is 1. The van der Waals surface area contributed by atoms with Crippen molar-refractivity contribution in [1.82, 2.24) is 0 Å². The lowest BCUT2D eigenvalue weighted by Gasteiger charge is -2.27. The van der Waals surface area contributed by atoms with E-state index in [0.29, 0.717) is 16.3 Å². The van der Waals surface area contributed by atoms with Crippen molar-refractivity contribution in [1.29, 1.82) is 0 Å². The van der Waals surface area contributed by atoms with Crippen LogP contribution < -0.4 is 4.74 Å². The summed E-state index contributed by atoms with van der Waals surface area (Å²) in [5.41, 5.74) is 0.0205. The number of hydrogen-bond acceptors (Lipinski definition) is 2. The SMILES string of the molecule is CC12CC1(C)C(=O)c1ccc(Cl)cc1O2. The lowest BCUT2D eigenvalue weighted by Crippen LogP contribution is -2.33.